The van der Waals surface area contributed by atoms with Gasteiger partial charge in [0, 0.05) is 5.70 Å². The second kappa shape index (κ2) is 6.66. The molecule has 0 spiro atoms. The second-order valence-electron chi connectivity index (χ2n) is 3.29. The van der Waals surface area contributed by atoms with Gasteiger partial charge in [-0.15, -0.1) is 12.4 Å². The van der Waals surface area contributed by atoms with Gasteiger partial charge in [0.15, 0.2) is 0 Å². The summed E-state index contributed by atoms with van der Waals surface area (Å²) in [5.74, 6) is -0.801. The Labute approximate surface area is 107 Å². The highest BCUT2D eigenvalue weighted by Crippen LogP contribution is 2.21. The van der Waals surface area contributed by atoms with E-state index in [2.05, 4.69) is 0 Å². The third-order valence-corrected chi connectivity index (χ3v) is 2.73. The van der Waals surface area contributed by atoms with Crippen molar-refractivity contribution in [3.63, 3.8) is 0 Å². The summed E-state index contributed by atoms with van der Waals surface area (Å²) in [6, 6.07) is 0. The summed E-state index contributed by atoms with van der Waals surface area (Å²) >= 11 is 5.10. The number of halogens is 1. The number of ether oxygens (including phenoxy) is 1. The molecule has 0 saturated heterocycles. The predicted molar refractivity (Wildman–Crippen MR) is 70.6 cm³/mol. The van der Waals surface area contributed by atoms with Gasteiger partial charge in [0.1, 0.15) is 5.92 Å². The molecular weight excluding hydrogens is 246 g/mol. The van der Waals surface area contributed by atoms with Gasteiger partial charge < -0.3 is 10.5 Å². The number of esters is 1. The first-order valence-corrected chi connectivity index (χ1v) is 5.39. The van der Waals surface area contributed by atoms with E-state index in [4.69, 9.17) is 22.7 Å². The molecule has 1 aliphatic rings. The monoisotopic (exact) mass is 261 g/mol. The van der Waals surface area contributed by atoms with Crippen LogP contribution >= 0.6 is 24.6 Å². The van der Waals surface area contributed by atoms with E-state index >= 15 is 0 Å². The van der Waals surface area contributed by atoms with Gasteiger partial charge in [0.25, 0.3) is 0 Å². The largest absolute Gasteiger partial charge is 0.465 e. The van der Waals surface area contributed by atoms with Gasteiger partial charge in [-0.2, -0.15) is 0 Å². The fourth-order valence-electron chi connectivity index (χ4n) is 1.42. The van der Waals surface area contributed by atoms with Crippen LogP contribution in [0.25, 0.3) is 0 Å². The molecule has 1 atom stereocenters. The van der Waals surface area contributed by atoms with E-state index in [9.17, 15) is 4.79 Å². The van der Waals surface area contributed by atoms with E-state index in [0.717, 1.165) is 12.0 Å². The first-order chi connectivity index (χ1) is 7.10. The van der Waals surface area contributed by atoms with E-state index in [1.54, 1.807) is 6.92 Å². The SMILES string of the molecule is CCOC(=O)C1C=C(CC)C=C(N)C1=S.Cl. The van der Waals surface area contributed by atoms with Crippen molar-refractivity contribution in [2.75, 3.05) is 6.61 Å². The van der Waals surface area contributed by atoms with E-state index in [1.807, 2.05) is 19.1 Å². The predicted octanol–water partition coefficient (Wildman–Crippen LogP) is 2.15. The number of hydrogen-bond acceptors (Lipinski definition) is 4. The lowest BCUT2D eigenvalue weighted by Gasteiger charge is -2.19. The zero-order valence-corrected chi connectivity index (χ0v) is 11.0. The molecule has 0 aromatic rings. The van der Waals surface area contributed by atoms with Crippen LogP contribution in [0.15, 0.2) is 23.4 Å². The van der Waals surface area contributed by atoms with Gasteiger partial charge in [-0.3, -0.25) is 4.79 Å². The smallest absolute Gasteiger partial charge is 0.318 e. The molecule has 0 aromatic carbocycles. The summed E-state index contributed by atoms with van der Waals surface area (Å²) in [6.07, 6.45) is 4.48. The van der Waals surface area contributed by atoms with Crippen LogP contribution in [0.3, 0.4) is 0 Å². The second-order valence-corrected chi connectivity index (χ2v) is 3.73. The van der Waals surface area contributed by atoms with Crippen LogP contribution in [0.4, 0.5) is 0 Å². The van der Waals surface area contributed by atoms with Gasteiger partial charge in [0.05, 0.1) is 11.5 Å². The van der Waals surface area contributed by atoms with Gasteiger partial charge in [-0.05, 0) is 25.0 Å². The minimum Gasteiger partial charge on any atom is -0.465 e. The van der Waals surface area contributed by atoms with Crippen LogP contribution in [0.5, 0.6) is 0 Å². The highest BCUT2D eigenvalue weighted by atomic mass is 35.5. The Hall–Kier alpha value is -0.870. The first-order valence-electron chi connectivity index (χ1n) is 4.98. The van der Waals surface area contributed by atoms with E-state index in [1.165, 1.54) is 0 Å². The lowest BCUT2D eigenvalue weighted by atomic mass is 9.92. The zero-order chi connectivity index (χ0) is 11.4. The number of thiocarbonyl (C=S) groups is 1. The summed E-state index contributed by atoms with van der Waals surface area (Å²) in [6.45, 7) is 4.14. The quantitative estimate of drug-likeness (QED) is 0.625. The molecule has 5 heteroatoms. The average Bonchev–Trinajstić information content (AvgIpc) is 2.22. The molecule has 0 aromatic heterocycles. The van der Waals surface area contributed by atoms with Crippen molar-refractivity contribution in [1.82, 2.24) is 0 Å². The van der Waals surface area contributed by atoms with Crippen molar-refractivity contribution in [3.05, 3.63) is 23.4 Å². The maximum atomic E-state index is 11.6. The molecular formula is C11H16ClNO2S. The number of carbonyl (C=O) groups is 1. The maximum Gasteiger partial charge on any atom is 0.318 e. The van der Waals surface area contributed by atoms with E-state index in [-0.39, 0.29) is 18.4 Å². The summed E-state index contributed by atoms with van der Waals surface area (Å²) in [7, 11) is 0. The van der Waals surface area contributed by atoms with Crippen molar-refractivity contribution in [1.29, 1.82) is 0 Å². The number of hydrogen-bond donors (Lipinski definition) is 1. The first kappa shape index (κ1) is 15.1. The third kappa shape index (κ3) is 3.32. The molecule has 0 radical (unpaired) electrons. The Bertz CT molecular complexity index is 350. The summed E-state index contributed by atoms with van der Waals surface area (Å²) in [5, 5.41) is 0. The lowest BCUT2D eigenvalue weighted by molar-refractivity contribution is -0.144. The average molecular weight is 262 g/mol. The third-order valence-electron chi connectivity index (χ3n) is 2.24. The molecule has 2 N–H and O–H groups in total. The maximum absolute atomic E-state index is 11.6. The Morgan fingerprint density at radius 3 is 2.69 bits per heavy atom. The number of carbonyl (C=O) groups excluding carboxylic acids is 1. The molecule has 0 fully saturated rings. The Morgan fingerprint density at radius 2 is 2.19 bits per heavy atom. The Kier molecular flexibility index (Phi) is 6.29. The molecule has 1 unspecified atom stereocenters. The summed E-state index contributed by atoms with van der Waals surface area (Å²) in [4.78, 5) is 12.0. The molecule has 1 rings (SSSR count). The molecule has 0 heterocycles. The topological polar surface area (TPSA) is 52.3 Å². The molecule has 1 aliphatic carbocycles. The molecule has 0 amide bonds. The van der Waals surface area contributed by atoms with Crippen LogP contribution in [0, 0.1) is 5.92 Å². The molecule has 90 valence electrons. The fraction of sp³-hybridized carbons (Fsp3) is 0.455. The number of allylic oxidation sites excluding steroid dienone is 3. The number of rotatable bonds is 3. The standard InChI is InChI=1S/C11H15NO2S.ClH/c1-3-7-5-8(11(13)14-4-2)10(15)9(12)6-7;/h5-6,8H,3-4,12H2,1-2H3;1H. The van der Waals surface area contributed by atoms with Crippen LogP contribution < -0.4 is 5.73 Å². The van der Waals surface area contributed by atoms with Crippen molar-refractivity contribution in [3.8, 4) is 0 Å². The van der Waals surface area contributed by atoms with E-state index in [0.29, 0.717) is 17.2 Å². The Balaban J connectivity index is 0.00000225. The minimum atomic E-state index is -0.486. The van der Waals surface area contributed by atoms with E-state index < -0.39 is 5.92 Å². The highest BCUT2D eigenvalue weighted by Gasteiger charge is 2.26. The normalized spacial score (nSPS) is 19.4. The van der Waals surface area contributed by atoms with Crippen LogP contribution in [-0.4, -0.2) is 17.4 Å². The van der Waals surface area contributed by atoms with Gasteiger partial charge >= 0.3 is 5.97 Å². The molecule has 0 aliphatic heterocycles. The van der Waals surface area contributed by atoms with Crippen LogP contribution in [0.1, 0.15) is 20.3 Å². The highest BCUT2D eigenvalue weighted by molar-refractivity contribution is 7.81. The molecule has 3 nitrogen and oxygen atoms in total. The van der Waals surface area contributed by atoms with Crippen molar-refractivity contribution in [2.45, 2.75) is 20.3 Å². The van der Waals surface area contributed by atoms with Crippen molar-refractivity contribution in [2.24, 2.45) is 11.7 Å². The Morgan fingerprint density at radius 1 is 1.56 bits per heavy atom. The molecule has 16 heavy (non-hydrogen) atoms. The molecule has 0 bridgehead atoms. The number of nitrogens with two attached hydrogens (primary N) is 1. The van der Waals surface area contributed by atoms with Gasteiger partial charge in [-0.1, -0.05) is 25.2 Å². The summed E-state index contributed by atoms with van der Waals surface area (Å²) < 4.78 is 4.94. The van der Waals surface area contributed by atoms with Gasteiger partial charge in [-0.25, -0.2) is 0 Å². The minimum absolute atomic E-state index is 0. The van der Waals surface area contributed by atoms with Crippen LogP contribution in [0.2, 0.25) is 0 Å². The zero-order valence-electron chi connectivity index (χ0n) is 9.36. The van der Waals surface area contributed by atoms with Crippen molar-refractivity contribution < 1.29 is 9.53 Å². The van der Waals surface area contributed by atoms with Gasteiger partial charge in [0.2, 0.25) is 0 Å². The lowest BCUT2D eigenvalue weighted by Crippen LogP contribution is -2.29. The van der Waals surface area contributed by atoms with Crippen LogP contribution in [-0.2, 0) is 9.53 Å². The van der Waals surface area contributed by atoms with Crippen molar-refractivity contribution >= 4 is 35.5 Å². The fourth-order valence-corrected chi connectivity index (χ4v) is 1.64. The molecule has 0 saturated carbocycles. The summed E-state index contributed by atoms with van der Waals surface area (Å²) in [5.41, 5.74) is 7.27.